The Hall–Kier alpha value is -3.75. The van der Waals surface area contributed by atoms with Crippen molar-refractivity contribution in [2.24, 2.45) is 21.8 Å². The van der Waals surface area contributed by atoms with Crippen LogP contribution in [0.2, 0.25) is 0 Å². The molecule has 41 heavy (non-hydrogen) atoms. The molecule has 0 unspecified atom stereocenters. The molecule has 0 aromatic heterocycles. The van der Waals surface area contributed by atoms with Crippen LogP contribution in [0.1, 0.15) is 121 Å². The highest BCUT2D eigenvalue weighted by Crippen LogP contribution is 2.15. The number of aliphatic carboxylic acids is 1. The van der Waals surface area contributed by atoms with Crippen LogP contribution in [-0.2, 0) is 4.79 Å². The van der Waals surface area contributed by atoms with Gasteiger partial charge >= 0.3 is 5.97 Å². The van der Waals surface area contributed by atoms with Gasteiger partial charge in [0.15, 0.2) is 0 Å². The van der Waals surface area contributed by atoms with Crippen LogP contribution < -0.4 is 16.9 Å². The first-order chi connectivity index (χ1) is 19.8. The highest BCUT2D eigenvalue weighted by Gasteiger charge is 1.98. The number of carboxylic acid groups (broad SMARTS) is 1. The van der Waals surface area contributed by atoms with Crippen LogP contribution in [0.4, 0.5) is 11.4 Å². The number of hydrogen-bond donors (Lipinski definition) is 6. The number of nitrogens with one attached hydrogen (secondary N) is 3. The second-order valence-electron chi connectivity index (χ2n) is 10.4. The largest absolute Gasteiger partial charge is 0.481 e. The summed E-state index contributed by atoms with van der Waals surface area (Å²) in [7, 11) is 0. The second-order valence-corrected chi connectivity index (χ2v) is 10.4. The van der Waals surface area contributed by atoms with Gasteiger partial charge in [0.2, 0.25) is 0 Å². The number of nitrogen functional groups attached to an aromatic ring is 2. The maximum atomic E-state index is 10.3. The molecule has 0 amide bonds. The number of carbonyl (C=O) groups is 1. The maximum Gasteiger partial charge on any atom is 0.303 e. The van der Waals surface area contributed by atoms with Crippen molar-refractivity contribution in [2.45, 2.75) is 110 Å². The summed E-state index contributed by atoms with van der Waals surface area (Å²) in [5.41, 5.74) is 16.2. The van der Waals surface area contributed by atoms with Crippen LogP contribution in [0, 0.1) is 10.8 Å². The van der Waals surface area contributed by atoms with Crippen molar-refractivity contribution in [3.8, 4) is 0 Å². The van der Waals surface area contributed by atoms with Gasteiger partial charge in [0.05, 0.1) is 11.4 Å². The van der Waals surface area contributed by atoms with Gasteiger partial charge in [-0.05, 0) is 55.0 Å². The van der Waals surface area contributed by atoms with E-state index in [-0.39, 0.29) is 11.7 Å². The van der Waals surface area contributed by atoms with E-state index in [0.717, 1.165) is 18.5 Å². The minimum Gasteiger partial charge on any atom is -0.481 e. The molecule has 2 aromatic carbocycles. The Balaban J connectivity index is 0.000000411. The van der Waals surface area contributed by atoms with E-state index in [1.807, 2.05) is 0 Å². The van der Waals surface area contributed by atoms with Crippen molar-refractivity contribution in [3.63, 3.8) is 0 Å². The summed E-state index contributed by atoms with van der Waals surface area (Å²) < 4.78 is 0. The van der Waals surface area contributed by atoms with Crippen LogP contribution in [0.25, 0.3) is 0 Å². The fourth-order valence-corrected chi connectivity index (χ4v) is 4.22. The van der Waals surface area contributed by atoms with E-state index >= 15 is 0 Å². The molecular formula is C32H51N7O2. The monoisotopic (exact) mass is 565 g/mol. The van der Waals surface area contributed by atoms with Gasteiger partial charge in [-0.3, -0.25) is 21.0 Å². The molecule has 0 spiro atoms. The highest BCUT2D eigenvalue weighted by molar-refractivity contribution is 5.95. The number of carboxylic acids is 1. The Morgan fingerprint density at radius 2 is 1.07 bits per heavy atom. The van der Waals surface area contributed by atoms with E-state index < -0.39 is 5.97 Å². The fourth-order valence-electron chi connectivity index (χ4n) is 4.22. The SMILES string of the molecule is CCCCCCCCCCCCCCCCCC(=O)O.N=C(N)c1ccc(N=NNc2ccc(C(=N)N)cc2)cc1. The molecule has 2 aromatic rings. The predicted molar refractivity (Wildman–Crippen MR) is 170 cm³/mol. The standard InChI is InChI=1S/C18H36O2.C14H15N7/c1-2-3-4-5-6-7-8-9-10-11-12-13-14-15-16-17-18(19)20;15-13(16)9-1-5-11(6-2-9)19-21-20-12-7-3-10(4-8-12)14(17)18/h2-17H2,1H3,(H,19,20);1-8H,(H3,15,16)(H3,17,18)(H,19,20). The Morgan fingerprint density at radius 3 is 1.46 bits per heavy atom. The fraction of sp³-hybridized carbons (Fsp3) is 0.531. The molecule has 9 heteroatoms. The summed E-state index contributed by atoms with van der Waals surface area (Å²) in [5, 5.41) is 31.0. The van der Waals surface area contributed by atoms with Crippen LogP contribution in [0.3, 0.4) is 0 Å². The zero-order chi connectivity index (χ0) is 30.1. The lowest BCUT2D eigenvalue weighted by atomic mass is 10.0. The summed E-state index contributed by atoms with van der Waals surface area (Å²) in [6, 6.07) is 13.8. The Kier molecular flexibility index (Phi) is 19.8. The van der Waals surface area contributed by atoms with Gasteiger partial charge < -0.3 is 16.6 Å². The molecule has 0 atom stereocenters. The number of hydrogen-bond acceptors (Lipinski definition) is 5. The average Bonchev–Trinajstić information content (AvgIpc) is 2.96. The molecule has 0 heterocycles. The topological polar surface area (TPSA) is 174 Å². The molecule has 0 saturated carbocycles. The molecule has 0 radical (unpaired) electrons. The summed E-state index contributed by atoms with van der Waals surface area (Å²) in [5.74, 6) is -0.615. The molecule has 0 aliphatic rings. The van der Waals surface area contributed by atoms with Crippen LogP contribution in [-0.4, -0.2) is 22.7 Å². The Morgan fingerprint density at radius 1 is 0.683 bits per heavy atom. The lowest BCUT2D eigenvalue weighted by molar-refractivity contribution is -0.137. The molecular weight excluding hydrogens is 514 g/mol. The molecule has 9 nitrogen and oxygen atoms in total. The molecule has 0 saturated heterocycles. The molecule has 0 bridgehead atoms. The number of anilines is 1. The van der Waals surface area contributed by atoms with Crippen molar-refractivity contribution < 1.29 is 9.90 Å². The van der Waals surface area contributed by atoms with E-state index in [9.17, 15) is 4.79 Å². The lowest BCUT2D eigenvalue weighted by Gasteiger charge is -2.03. The molecule has 2 rings (SSSR count). The second kappa shape index (κ2) is 23.0. The number of unbranched alkanes of at least 4 members (excludes halogenated alkanes) is 14. The average molecular weight is 566 g/mol. The van der Waals surface area contributed by atoms with Gasteiger partial charge in [-0.1, -0.05) is 102 Å². The Bertz CT molecular complexity index is 1020. The third kappa shape index (κ3) is 19.0. The summed E-state index contributed by atoms with van der Waals surface area (Å²) >= 11 is 0. The van der Waals surface area contributed by atoms with Crippen molar-refractivity contribution in [2.75, 3.05) is 5.43 Å². The smallest absolute Gasteiger partial charge is 0.303 e. The number of amidine groups is 2. The summed E-state index contributed by atoms with van der Waals surface area (Å²) in [6.07, 6.45) is 20.2. The zero-order valence-electron chi connectivity index (χ0n) is 24.8. The van der Waals surface area contributed by atoms with Gasteiger partial charge in [-0.15, -0.1) is 5.11 Å². The van der Waals surface area contributed by atoms with Crippen molar-refractivity contribution in [3.05, 3.63) is 59.7 Å². The van der Waals surface area contributed by atoms with Crippen LogP contribution in [0.15, 0.2) is 58.9 Å². The van der Waals surface area contributed by atoms with E-state index in [1.54, 1.807) is 48.5 Å². The van der Waals surface area contributed by atoms with E-state index in [2.05, 4.69) is 22.7 Å². The quantitative estimate of drug-likeness (QED) is 0.0291. The third-order valence-electron chi connectivity index (χ3n) is 6.71. The molecule has 0 aliphatic heterocycles. The van der Waals surface area contributed by atoms with Gasteiger partial charge in [0.1, 0.15) is 11.7 Å². The number of rotatable bonds is 21. The van der Waals surface area contributed by atoms with Gasteiger partial charge in [0.25, 0.3) is 0 Å². The van der Waals surface area contributed by atoms with Crippen molar-refractivity contribution >= 4 is 29.0 Å². The van der Waals surface area contributed by atoms with Gasteiger partial charge in [0, 0.05) is 17.5 Å². The minimum atomic E-state index is -0.653. The molecule has 0 aliphatic carbocycles. The highest BCUT2D eigenvalue weighted by atomic mass is 16.4. The normalized spacial score (nSPS) is 10.7. The van der Waals surface area contributed by atoms with E-state index in [1.165, 1.54) is 83.5 Å². The first-order valence-corrected chi connectivity index (χ1v) is 15.1. The summed E-state index contributed by atoms with van der Waals surface area (Å²) in [6.45, 7) is 2.27. The first-order valence-electron chi connectivity index (χ1n) is 15.1. The van der Waals surface area contributed by atoms with E-state index in [0.29, 0.717) is 23.2 Å². The molecule has 0 fully saturated rings. The third-order valence-corrected chi connectivity index (χ3v) is 6.71. The van der Waals surface area contributed by atoms with Crippen LogP contribution >= 0.6 is 0 Å². The van der Waals surface area contributed by atoms with E-state index in [4.69, 9.17) is 27.4 Å². The zero-order valence-corrected chi connectivity index (χ0v) is 24.8. The molecule has 226 valence electrons. The summed E-state index contributed by atoms with van der Waals surface area (Å²) in [4.78, 5) is 10.3. The molecule has 8 N–H and O–H groups in total. The van der Waals surface area contributed by atoms with Crippen molar-refractivity contribution in [1.29, 1.82) is 10.8 Å². The lowest BCUT2D eigenvalue weighted by Crippen LogP contribution is -2.10. The first kappa shape index (κ1) is 35.3. The number of nitrogens with two attached hydrogens (primary N) is 2. The van der Waals surface area contributed by atoms with Crippen LogP contribution in [0.5, 0.6) is 0 Å². The minimum absolute atomic E-state index is 0.0159. The van der Waals surface area contributed by atoms with Crippen molar-refractivity contribution in [1.82, 2.24) is 0 Å². The Labute approximate surface area is 246 Å². The maximum absolute atomic E-state index is 10.3. The van der Waals surface area contributed by atoms with Gasteiger partial charge in [-0.2, -0.15) is 0 Å². The predicted octanol–water partition coefficient (Wildman–Crippen LogP) is 8.70. The number of nitrogens with zero attached hydrogens (tertiary/aromatic N) is 2. The van der Waals surface area contributed by atoms with Gasteiger partial charge in [-0.25, -0.2) is 0 Å². The number of benzene rings is 2.